The molecular weight excluding hydrogens is 246 g/mol. The number of benzene rings is 1. The van der Waals surface area contributed by atoms with Crippen molar-refractivity contribution in [3.8, 4) is 11.4 Å². The van der Waals surface area contributed by atoms with E-state index >= 15 is 0 Å². The van der Waals surface area contributed by atoms with Crippen molar-refractivity contribution in [1.29, 1.82) is 0 Å². The van der Waals surface area contributed by atoms with Crippen molar-refractivity contribution in [2.24, 2.45) is 0 Å². The quantitative estimate of drug-likeness (QED) is 0.668. The summed E-state index contributed by atoms with van der Waals surface area (Å²) in [6.07, 6.45) is 0. The van der Waals surface area contributed by atoms with Crippen LogP contribution in [0.4, 0.5) is 8.78 Å². The Balaban J connectivity index is 2.29. The third-order valence-corrected chi connectivity index (χ3v) is 3.08. The molecule has 0 saturated heterocycles. The minimum atomic E-state index is -0.550. The van der Waals surface area contributed by atoms with Crippen LogP contribution in [0.1, 0.15) is 5.01 Å². The number of nitrogens with zero attached hydrogens (tertiary/aromatic N) is 4. The first-order chi connectivity index (χ1) is 8.15. The third-order valence-electron chi connectivity index (χ3n) is 2.26. The summed E-state index contributed by atoms with van der Waals surface area (Å²) in [5.41, 5.74) is 0.0581. The average Bonchev–Trinajstić information content (AvgIpc) is 2.80. The van der Waals surface area contributed by atoms with Crippen molar-refractivity contribution in [3.63, 3.8) is 0 Å². The maximum atomic E-state index is 13.6. The van der Waals surface area contributed by atoms with Crippen LogP contribution in [0.15, 0.2) is 18.2 Å². The molecule has 1 aromatic carbocycles. The van der Waals surface area contributed by atoms with Crippen molar-refractivity contribution in [3.05, 3.63) is 34.8 Å². The molecule has 0 radical (unpaired) electrons. The molecule has 0 spiro atoms. The number of hydrogen-bond acceptors (Lipinski definition) is 4. The first-order valence-corrected chi connectivity index (χ1v) is 5.61. The summed E-state index contributed by atoms with van der Waals surface area (Å²) in [6, 6.07) is 3.20. The molecule has 3 rings (SSSR count). The van der Waals surface area contributed by atoms with Crippen LogP contribution in [0.2, 0.25) is 0 Å². The lowest BCUT2D eigenvalue weighted by Crippen LogP contribution is -1.94. The number of aromatic nitrogens is 4. The molecule has 0 unspecified atom stereocenters. The van der Waals surface area contributed by atoms with Gasteiger partial charge in [0.15, 0.2) is 5.82 Å². The first-order valence-electron chi connectivity index (χ1n) is 4.79. The van der Waals surface area contributed by atoms with E-state index < -0.39 is 11.6 Å². The van der Waals surface area contributed by atoms with Crippen LogP contribution < -0.4 is 0 Å². The molecule has 0 aliphatic rings. The zero-order valence-corrected chi connectivity index (χ0v) is 9.50. The van der Waals surface area contributed by atoms with E-state index in [4.69, 9.17) is 0 Å². The number of aryl methyl sites for hydroxylation is 1. The van der Waals surface area contributed by atoms with Gasteiger partial charge in [-0.05, 0) is 25.1 Å². The molecule has 0 atom stereocenters. The molecule has 0 bridgehead atoms. The summed E-state index contributed by atoms with van der Waals surface area (Å²) < 4.78 is 28.1. The van der Waals surface area contributed by atoms with E-state index in [2.05, 4.69) is 15.3 Å². The van der Waals surface area contributed by atoms with E-state index in [0.29, 0.717) is 4.96 Å². The summed E-state index contributed by atoms with van der Waals surface area (Å²) >= 11 is 1.34. The second-order valence-electron chi connectivity index (χ2n) is 3.46. The Morgan fingerprint density at radius 2 is 2.06 bits per heavy atom. The maximum Gasteiger partial charge on any atom is 0.234 e. The summed E-state index contributed by atoms with van der Waals surface area (Å²) in [6.45, 7) is 1.81. The standard InChI is InChI=1S/C10H6F2N4S/c1-5-15-16-9(13-14-10(16)17-5)7-4-6(11)2-3-8(7)12/h2-4H,1H3. The maximum absolute atomic E-state index is 13.6. The highest BCUT2D eigenvalue weighted by Crippen LogP contribution is 2.24. The zero-order valence-electron chi connectivity index (χ0n) is 8.69. The SMILES string of the molecule is Cc1nn2c(-c3cc(F)ccc3F)nnc2s1. The lowest BCUT2D eigenvalue weighted by molar-refractivity contribution is 0.601. The predicted molar refractivity (Wildman–Crippen MR) is 58.7 cm³/mol. The van der Waals surface area contributed by atoms with Crippen molar-refractivity contribution < 1.29 is 8.78 Å². The van der Waals surface area contributed by atoms with Crippen LogP contribution in [-0.4, -0.2) is 19.8 Å². The van der Waals surface area contributed by atoms with E-state index in [9.17, 15) is 8.78 Å². The van der Waals surface area contributed by atoms with Crippen LogP contribution in [-0.2, 0) is 0 Å². The van der Waals surface area contributed by atoms with Gasteiger partial charge in [-0.3, -0.25) is 0 Å². The van der Waals surface area contributed by atoms with Crippen LogP contribution in [0, 0.1) is 18.6 Å². The van der Waals surface area contributed by atoms with Crippen molar-refractivity contribution in [2.45, 2.75) is 6.92 Å². The van der Waals surface area contributed by atoms with Crippen LogP contribution in [0.5, 0.6) is 0 Å². The van der Waals surface area contributed by atoms with Crippen molar-refractivity contribution in [1.82, 2.24) is 19.8 Å². The molecular formula is C10H6F2N4S. The Morgan fingerprint density at radius 3 is 2.88 bits per heavy atom. The number of rotatable bonds is 1. The smallest absolute Gasteiger partial charge is 0.207 e. The molecule has 3 aromatic rings. The second kappa shape index (κ2) is 3.56. The zero-order chi connectivity index (χ0) is 12.0. The molecule has 0 N–H and O–H groups in total. The molecule has 0 amide bonds. The van der Waals surface area contributed by atoms with Gasteiger partial charge in [0.1, 0.15) is 16.6 Å². The van der Waals surface area contributed by atoms with Gasteiger partial charge in [0.2, 0.25) is 4.96 Å². The fourth-order valence-electron chi connectivity index (χ4n) is 1.55. The first kappa shape index (κ1) is 10.3. The summed E-state index contributed by atoms with van der Waals surface area (Å²) in [5.74, 6) is -0.863. The van der Waals surface area contributed by atoms with Gasteiger partial charge in [-0.15, -0.1) is 10.2 Å². The molecule has 2 aromatic heterocycles. The average molecular weight is 252 g/mol. The molecule has 17 heavy (non-hydrogen) atoms. The Morgan fingerprint density at radius 1 is 1.24 bits per heavy atom. The summed E-state index contributed by atoms with van der Waals surface area (Å²) in [5, 5.41) is 12.6. The van der Waals surface area contributed by atoms with Gasteiger partial charge in [0.25, 0.3) is 0 Å². The highest BCUT2D eigenvalue weighted by atomic mass is 32.1. The van der Waals surface area contributed by atoms with Gasteiger partial charge in [-0.1, -0.05) is 11.3 Å². The van der Waals surface area contributed by atoms with E-state index in [1.54, 1.807) is 0 Å². The van der Waals surface area contributed by atoms with Gasteiger partial charge in [0, 0.05) is 0 Å². The van der Waals surface area contributed by atoms with Crippen molar-refractivity contribution >= 4 is 16.3 Å². The van der Waals surface area contributed by atoms with E-state index in [0.717, 1.165) is 23.2 Å². The molecule has 4 nitrogen and oxygen atoms in total. The van der Waals surface area contributed by atoms with E-state index in [1.807, 2.05) is 6.92 Å². The topological polar surface area (TPSA) is 43.1 Å². The van der Waals surface area contributed by atoms with Gasteiger partial charge >= 0.3 is 0 Å². The van der Waals surface area contributed by atoms with Crippen LogP contribution in [0.3, 0.4) is 0 Å². The molecule has 86 valence electrons. The number of hydrogen-bond donors (Lipinski definition) is 0. The molecule has 2 heterocycles. The predicted octanol–water partition coefficient (Wildman–Crippen LogP) is 2.44. The Bertz CT molecular complexity index is 703. The minimum Gasteiger partial charge on any atom is -0.207 e. The largest absolute Gasteiger partial charge is 0.234 e. The monoisotopic (exact) mass is 252 g/mol. The summed E-state index contributed by atoms with van der Waals surface area (Å²) in [4.78, 5) is 0.557. The Labute approximate surface area is 98.5 Å². The Kier molecular flexibility index (Phi) is 2.15. The lowest BCUT2D eigenvalue weighted by atomic mass is 10.2. The second-order valence-corrected chi connectivity index (χ2v) is 4.62. The Hall–Kier alpha value is -1.89. The third kappa shape index (κ3) is 1.59. The van der Waals surface area contributed by atoms with E-state index in [1.165, 1.54) is 15.9 Å². The van der Waals surface area contributed by atoms with Crippen LogP contribution >= 0.6 is 11.3 Å². The van der Waals surface area contributed by atoms with Gasteiger partial charge < -0.3 is 0 Å². The molecule has 7 heteroatoms. The number of halogens is 2. The van der Waals surface area contributed by atoms with Gasteiger partial charge in [-0.25, -0.2) is 8.78 Å². The fraction of sp³-hybridized carbons (Fsp3) is 0.100. The lowest BCUT2D eigenvalue weighted by Gasteiger charge is -1.99. The fourth-order valence-corrected chi connectivity index (χ4v) is 2.23. The van der Waals surface area contributed by atoms with Gasteiger partial charge in [-0.2, -0.15) is 9.61 Å². The molecule has 0 aliphatic heterocycles. The molecule has 0 saturated carbocycles. The highest BCUT2D eigenvalue weighted by molar-refractivity contribution is 7.16. The highest BCUT2D eigenvalue weighted by Gasteiger charge is 2.15. The molecule has 0 fully saturated rings. The van der Waals surface area contributed by atoms with Gasteiger partial charge in [0.05, 0.1) is 5.56 Å². The summed E-state index contributed by atoms with van der Waals surface area (Å²) in [7, 11) is 0. The minimum absolute atomic E-state index is 0.0581. The van der Waals surface area contributed by atoms with Crippen LogP contribution in [0.25, 0.3) is 16.3 Å². The molecule has 0 aliphatic carbocycles. The number of fused-ring (bicyclic) bond motifs is 1. The van der Waals surface area contributed by atoms with Crippen molar-refractivity contribution in [2.75, 3.05) is 0 Å². The van der Waals surface area contributed by atoms with E-state index in [-0.39, 0.29) is 11.4 Å². The normalized spacial score (nSPS) is 11.2.